The molecule has 3 rings (SSSR count). The average molecular weight is 476 g/mol. The van der Waals surface area contributed by atoms with Crippen molar-refractivity contribution >= 4 is 37.4 Å². The smallest absolute Gasteiger partial charge is 0.302 e. The highest BCUT2D eigenvalue weighted by Crippen LogP contribution is 2.46. The van der Waals surface area contributed by atoms with Crippen LogP contribution in [0.3, 0.4) is 0 Å². The van der Waals surface area contributed by atoms with Crippen LogP contribution in [0.25, 0.3) is 10.2 Å². The minimum Gasteiger partial charge on any atom is -0.462 e. The monoisotopic (exact) mass is 475 g/mol. The molecule has 1 aromatic carbocycles. The first-order valence-electron chi connectivity index (χ1n) is 10.4. The van der Waals surface area contributed by atoms with Crippen LogP contribution in [0.15, 0.2) is 57.6 Å². The van der Waals surface area contributed by atoms with Crippen molar-refractivity contribution in [2.45, 2.75) is 63.5 Å². The normalized spacial score (nSPS) is 23.6. The third kappa shape index (κ3) is 5.56. The quantitative estimate of drug-likeness (QED) is 0.386. The number of aliphatic hydroxyl groups is 1. The number of ether oxygens (including phenoxy) is 1. The molecule has 0 aliphatic heterocycles. The molecule has 0 spiro atoms. The average Bonchev–Trinajstić information content (AvgIpc) is 3.09. The number of hydrogen-bond acceptors (Lipinski definition) is 7. The number of benzene rings is 1. The lowest BCUT2D eigenvalue weighted by Crippen LogP contribution is -2.46. The Morgan fingerprint density at radius 1 is 1.28 bits per heavy atom. The van der Waals surface area contributed by atoms with Crippen LogP contribution in [-0.4, -0.2) is 41.9 Å². The number of nitrogens with zero attached hydrogens (tertiary/aromatic N) is 1. The zero-order valence-corrected chi connectivity index (χ0v) is 20.6. The van der Waals surface area contributed by atoms with Gasteiger partial charge in [-0.1, -0.05) is 32.1 Å². The van der Waals surface area contributed by atoms with Crippen LogP contribution in [0.5, 0.6) is 0 Å². The van der Waals surface area contributed by atoms with Crippen molar-refractivity contribution in [3.63, 3.8) is 0 Å². The maximum atomic E-state index is 12.7. The molecular weight excluding hydrogens is 446 g/mol. The fourth-order valence-electron chi connectivity index (χ4n) is 4.23. The van der Waals surface area contributed by atoms with Crippen molar-refractivity contribution in [2.24, 2.45) is 5.41 Å². The summed E-state index contributed by atoms with van der Waals surface area (Å²) in [7, 11) is -3.55. The number of allylic oxidation sites excluding steroid dienone is 1. The molecule has 0 bridgehead atoms. The molecule has 2 unspecified atom stereocenters. The Hall–Kier alpha value is -2.25. The number of carbonyl (C=O) groups excluding carboxylic acids is 1. The van der Waals surface area contributed by atoms with E-state index in [0.717, 1.165) is 10.3 Å². The molecule has 0 radical (unpaired) electrons. The zero-order chi connectivity index (χ0) is 23.7. The van der Waals surface area contributed by atoms with Gasteiger partial charge in [-0.3, -0.25) is 4.79 Å². The van der Waals surface area contributed by atoms with E-state index in [2.05, 4.69) is 10.7 Å². The highest BCUT2D eigenvalue weighted by molar-refractivity contribution is 7.93. The number of carbonyl (C=O) groups is 1. The lowest BCUT2D eigenvalue weighted by Gasteiger charge is -2.44. The molecule has 1 aromatic heterocycles. The Labute approximate surface area is 193 Å². The lowest BCUT2D eigenvalue weighted by atomic mass is 9.65. The summed E-state index contributed by atoms with van der Waals surface area (Å²) in [4.78, 5) is 15.6. The SMILES string of the molecule is CC(=O)OC1CC(C)(C)C(=C=C/C(C)=C/CS(=O)(=O)c2nc3ccccc3s2)C(C)(O)C1. The van der Waals surface area contributed by atoms with Crippen LogP contribution in [0.4, 0.5) is 0 Å². The second-order valence-corrected chi connectivity index (χ2v) is 12.4. The fourth-order valence-corrected chi connectivity index (χ4v) is 6.77. The Bertz CT molecular complexity index is 1180. The van der Waals surface area contributed by atoms with Gasteiger partial charge in [0.2, 0.25) is 14.2 Å². The van der Waals surface area contributed by atoms with Crippen molar-refractivity contribution in [3.05, 3.63) is 53.3 Å². The number of esters is 1. The van der Waals surface area contributed by atoms with Crippen molar-refractivity contribution in [1.82, 2.24) is 4.98 Å². The van der Waals surface area contributed by atoms with Crippen LogP contribution in [-0.2, 0) is 19.4 Å². The second-order valence-electron chi connectivity index (χ2n) is 9.14. The van der Waals surface area contributed by atoms with Crippen LogP contribution in [0.2, 0.25) is 0 Å². The molecular formula is C24H29NO5S2. The summed E-state index contributed by atoms with van der Waals surface area (Å²) >= 11 is 1.17. The van der Waals surface area contributed by atoms with E-state index >= 15 is 0 Å². The van der Waals surface area contributed by atoms with Crippen molar-refractivity contribution in [2.75, 3.05) is 5.75 Å². The molecule has 6 nitrogen and oxygen atoms in total. The van der Waals surface area contributed by atoms with E-state index in [1.807, 2.05) is 32.0 Å². The molecule has 172 valence electrons. The number of aromatic nitrogens is 1. The van der Waals surface area contributed by atoms with Crippen LogP contribution < -0.4 is 0 Å². The molecule has 0 saturated heterocycles. The maximum Gasteiger partial charge on any atom is 0.302 e. The highest BCUT2D eigenvalue weighted by Gasteiger charge is 2.46. The third-order valence-electron chi connectivity index (χ3n) is 5.52. The Morgan fingerprint density at radius 2 is 1.97 bits per heavy atom. The van der Waals surface area contributed by atoms with Gasteiger partial charge in [-0.05, 0) is 49.5 Å². The number of fused-ring (bicyclic) bond motifs is 1. The van der Waals surface area contributed by atoms with Crippen LogP contribution in [0.1, 0.15) is 47.5 Å². The Morgan fingerprint density at radius 3 is 2.59 bits per heavy atom. The van der Waals surface area contributed by atoms with Gasteiger partial charge in [0.25, 0.3) is 0 Å². The van der Waals surface area contributed by atoms with Crippen molar-refractivity contribution < 1.29 is 23.1 Å². The first-order chi connectivity index (χ1) is 14.8. The molecule has 1 saturated carbocycles. The summed E-state index contributed by atoms with van der Waals surface area (Å²) < 4.78 is 31.7. The standard InChI is InChI=1S/C24H29NO5S2/c1-16(12-13-32(28,29)22-25-19-8-6-7-9-20(19)31-22)10-11-21-23(3,4)14-18(30-17(2)26)15-24(21,5)27/h6-10,12,18,27H,13-15H2,1-5H3/b16-12+. The summed E-state index contributed by atoms with van der Waals surface area (Å²) in [5.74, 6) is -0.529. The summed E-state index contributed by atoms with van der Waals surface area (Å²) in [6, 6.07) is 7.34. The summed E-state index contributed by atoms with van der Waals surface area (Å²) in [6.45, 7) is 8.81. The number of para-hydroxylation sites is 1. The van der Waals surface area contributed by atoms with E-state index in [4.69, 9.17) is 4.74 Å². The summed E-state index contributed by atoms with van der Waals surface area (Å²) in [5.41, 5.74) is 3.67. The predicted molar refractivity (Wildman–Crippen MR) is 126 cm³/mol. The topological polar surface area (TPSA) is 93.6 Å². The molecule has 8 heteroatoms. The lowest BCUT2D eigenvalue weighted by molar-refractivity contribution is -0.152. The van der Waals surface area contributed by atoms with Gasteiger partial charge in [-0.2, -0.15) is 0 Å². The molecule has 2 atom stereocenters. The number of thiazole rings is 1. The van der Waals surface area contributed by atoms with Crippen molar-refractivity contribution in [1.29, 1.82) is 0 Å². The fraction of sp³-hybridized carbons (Fsp3) is 0.458. The zero-order valence-electron chi connectivity index (χ0n) is 19.0. The van der Waals surface area contributed by atoms with Gasteiger partial charge in [0.15, 0.2) is 0 Å². The molecule has 2 aromatic rings. The van der Waals surface area contributed by atoms with Gasteiger partial charge in [0.05, 0.1) is 21.6 Å². The third-order valence-corrected chi connectivity index (χ3v) is 8.59. The largest absolute Gasteiger partial charge is 0.462 e. The van der Waals surface area contributed by atoms with Gasteiger partial charge in [0.1, 0.15) is 6.10 Å². The van der Waals surface area contributed by atoms with E-state index in [1.165, 1.54) is 18.3 Å². The molecule has 1 aliphatic carbocycles. The van der Waals surface area contributed by atoms with E-state index in [-0.39, 0.29) is 22.2 Å². The second kappa shape index (κ2) is 8.94. The maximum absolute atomic E-state index is 12.7. The number of rotatable bonds is 5. The summed E-state index contributed by atoms with van der Waals surface area (Å²) in [6.07, 6.45) is 3.83. The van der Waals surface area contributed by atoms with Gasteiger partial charge in [-0.15, -0.1) is 17.1 Å². The van der Waals surface area contributed by atoms with Crippen molar-refractivity contribution in [3.8, 4) is 0 Å². The minimum atomic E-state index is -3.55. The van der Waals surface area contributed by atoms with Gasteiger partial charge >= 0.3 is 5.97 Å². The molecule has 1 N–H and O–H groups in total. The first-order valence-corrected chi connectivity index (χ1v) is 12.9. The van der Waals surface area contributed by atoms with E-state index in [0.29, 0.717) is 23.9 Å². The summed E-state index contributed by atoms with van der Waals surface area (Å²) in [5, 5.41) is 11.0. The van der Waals surface area contributed by atoms with Crippen LogP contribution in [0, 0.1) is 5.41 Å². The van der Waals surface area contributed by atoms with Crippen LogP contribution >= 0.6 is 11.3 Å². The number of sulfone groups is 1. The van der Waals surface area contributed by atoms with E-state index in [9.17, 15) is 18.3 Å². The highest BCUT2D eigenvalue weighted by atomic mass is 32.2. The van der Waals surface area contributed by atoms with E-state index in [1.54, 1.807) is 32.1 Å². The molecule has 32 heavy (non-hydrogen) atoms. The minimum absolute atomic E-state index is 0.109. The first kappa shape index (κ1) is 24.4. The van der Waals surface area contributed by atoms with E-state index < -0.39 is 20.9 Å². The molecule has 1 aliphatic rings. The Kier molecular flexibility index (Phi) is 6.82. The molecule has 1 heterocycles. The number of hydrogen-bond donors (Lipinski definition) is 1. The molecule has 0 amide bonds. The Balaban J connectivity index is 1.81. The van der Waals surface area contributed by atoms with Gasteiger partial charge < -0.3 is 9.84 Å². The van der Waals surface area contributed by atoms with Gasteiger partial charge in [0, 0.05) is 18.9 Å². The predicted octanol–water partition coefficient (Wildman–Crippen LogP) is 4.60. The molecule has 1 fully saturated rings. The van der Waals surface area contributed by atoms with Gasteiger partial charge in [-0.25, -0.2) is 13.4 Å².